The topological polar surface area (TPSA) is 78.9 Å². The molecule has 0 radical (unpaired) electrons. The normalized spacial score (nSPS) is 25.1. The van der Waals surface area contributed by atoms with E-state index < -0.39 is 36.0 Å². The molecule has 0 aliphatic carbocycles. The predicted molar refractivity (Wildman–Crippen MR) is 85.0 cm³/mol. The smallest absolute Gasteiger partial charge is 0.317 e. The van der Waals surface area contributed by atoms with Gasteiger partial charge in [0.05, 0.1) is 12.3 Å². The van der Waals surface area contributed by atoms with Crippen LogP contribution in [0.15, 0.2) is 30.3 Å². The summed E-state index contributed by atoms with van der Waals surface area (Å²) in [6, 6.07) is 8.91. The van der Waals surface area contributed by atoms with E-state index in [0.29, 0.717) is 5.56 Å². The quantitative estimate of drug-likeness (QED) is 0.623. The first-order chi connectivity index (χ1) is 11.4. The zero-order chi connectivity index (χ0) is 17.7. The summed E-state index contributed by atoms with van der Waals surface area (Å²) >= 11 is 0. The fourth-order valence-corrected chi connectivity index (χ4v) is 2.48. The van der Waals surface area contributed by atoms with Gasteiger partial charge in [0.15, 0.2) is 6.10 Å². The number of hydrogen-bond acceptors (Lipinski definition) is 6. The van der Waals surface area contributed by atoms with Crippen molar-refractivity contribution in [2.45, 2.75) is 45.3 Å². The fraction of sp³-hybridized carbons (Fsp3) is 0.500. The van der Waals surface area contributed by atoms with Gasteiger partial charge in [-0.1, -0.05) is 44.2 Å². The first kappa shape index (κ1) is 18.0. The van der Waals surface area contributed by atoms with Gasteiger partial charge in [0.1, 0.15) is 18.6 Å². The number of carbonyl (C=O) groups excluding carboxylic acids is 3. The van der Waals surface area contributed by atoms with Gasteiger partial charge in [0.25, 0.3) is 0 Å². The molecule has 0 bridgehead atoms. The first-order valence-electron chi connectivity index (χ1n) is 8.01. The molecule has 0 amide bonds. The molecule has 1 fully saturated rings. The van der Waals surface area contributed by atoms with Gasteiger partial charge in [0, 0.05) is 0 Å². The number of esters is 3. The van der Waals surface area contributed by atoms with Crippen LogP contribution in [-0.4, -0.2) is 36.7 Å². The number of rotatable bonds is 3. The summed E-state index contributed by atoms with van der Waals surface area (Å²) in [5.41, 5.74) is 0.647. The Morgan fingerprint density at radius 3 is 2.50 bits per heavy atom. The zero-order valence-corrected chi connectivity index (χ0v) is 14.1. The Morgan fingerprint density at radius 1 is 1.21 bits per heavy atom. The fourth-order valence-electron chi connectivity index (χ4n) is 2.48. The summed E-state index contributed by atoms with van der Waals surface area (Å²) in [6.45, 7) is 4.96. The lowest BCUT2D eigenvalue weighted by Gasteiger charge is -2.29. The van der Waals surface area contributed by atoms with Gasteiger partial charge >= 0.3 is 17.9 Å². The number of cyclic esters (lactones) is 2. The lowest BCUT2D eigenvalue weighted by atomic mass is 9.90. The van der Waals surface area contributed by atoms with Crippen LogP contribution in [0, 0.1) is 5.92 Å². The van der Waals surface area contributed by atoms with Crippen LogP contribution in [0.4, 0.5) is 0 Å². The second kappa shape index (κ2) is 7.95. The van der Waals surface area contributed by atoms with E-state index >= 15 is 0 Å². The van der Waals surface area contributed by atoms with Crippen molar-refractivity contribution >= 4 is 17.9 Å². The van der Waals surface area contributed by atoms with E-state index in [9.17, 15) is 14.4 Å². The summed E-state index contributed by atoms with van der Waals surface area (Å²) in [5, 5.41) is 0. The SMILES string of the molecule is CC(C)C(=O)O[C@@H]1C(c2ccccc2)C(=O)OCCC(=O)O[C@H]1C. The lowest BCUT2D eigenvalue weighted by molar-refractivity contribution is -0.172. The Kier molecular flexibility index (Phi) is 5.95. The van der Waals surface area contributed by atoms with E-state index in [1.807, 2.05) is 6.07 Å². The van der Waals surface area contributed by atoms with Crippen molar-refractivity contribution in [3.63, 3.8) is 0 Å². The number of benzene rings is 1. The second-order valence-corrected chi connectivity index (χ2v) is 6.06. The summed E-state index contributed by atoms with van der Waals surface area (Å²) in [6.07, 6.45) is -1.74. The Bertz CT molecular complexity index is 595. The maximum absolute atomic E-state index is 12.6. The van der Waals surface area contributed by atoms with Crippen molar-refractivity contribution in [2.24, 2.45) is 5.92 Å². The third-order valence-corrected chi connectivity index (χ3v) is 3.80. The molecule has 1 aliphatic heterocycles. The Morgan fingerprint density at radius 2 is 1.88 bits per heavy atom. The highest BCUT2D eigenvalue weighted by atomic mass is 16.6. The van der Waals surface area contributed by atoms with Crippen LogP contribution < -0.4 is 0 Å². The highest BCUT2D eigenvalue weighted by Gasteiger charge is 2.40. The van der Waals surface area contributed by atoms with Gasteiger partial charge in [0.2, 0.25) is 0 Å². The number of hydrogen-bond donors (Lipinski definition) is 0. The van der Waals surface area contributed by atoms with E-state index in [1.165, 1.54) is 0 Å². The summed E-state index contributed by atoms with van der Waals surface area (Å²) in [5.74, 6) is -2.71. The van der Waals surface area contributed by atoms with Gasteiger partial charge in [-0.15, -0.1) is 0 Å². The van der Waals surface area contributed by atoms with Gasteiger partial charge in [-0.3, -0.25) is 14.4 Å². The van der Waals surface area contributed by atoms with Gasteiger partial charge in [-0.05, 0) is 12.5 Å². The minimum Gasteiger partial charge on any atom is -0.465 e. The van der Waals surface area contributed by atoms with Crippen molar-refractivity contribution in [3.8, 4) is 0 Å². The highest BCUT2D eigenvalue weighted by Crippen LogP contribution is 2.29. The largest absolute Gasteiger partial charge is 0.465 e. The molecule has 1 aliphatic rings. The average Bonchev–Trinajstić information content (AvgIpc) is 2.58. The van der Waals surface area contributed by atoms with E-state index in [-0.39, 0.29) is 18.9 Å². The van der Waals surface area contributed by atoms with E-state index in [1.54, 1.807) is 45.0 Å². The van der Waals surface area contributed by atoms with Gasteiger partial charge in [-0.2, -0.15) is 0 Å². The molecule has 0 aromatic heterocycles. The summed E-state index contributed by atoms with van der Waals surface area (Å²) in [4.78, 5) is 36.4. The number of ether oxygens (including phenoxy) is 3. The van der Waals surface area contributed by atoms with Gasteiger partial charge in [-0.25, -0.2) is 0 Å². The molecule has 6 nitrogen and oxygen atoms in total. The lowest BCUT2D eigenvalue weighted by Crippen LogP contribution is -2.41. The van der Waals surface area contributed by atoms with Crippen LogP contribution in [0.3, 0.4) is 0 Å². The molecule has 1 heterocycles. The van der Waals surface area contributed by atoms with Crippen molar-refractivity contribution in [2.75, 3.05) is 6.61 Å². The molecule has 1 aromatic carbocycles. The second-order valence-electron chi connectivity index (χ2n) is 6.06. The molecule has 1 saturated heterocycles. The maximum atomic E-state index is 12.6. The molecule has 0 spiro atoms. The van der Waals surface area contributed by atoms with Crippen LogP contribution in [0.2, 0.25) is 0 Å². The molecule has 1 unspecified atom stereocenters. The molecule has 0 N–H and O–H groups in total. The van der Waals surface area contributed by atoms with Gasteiger partial charge < -0.3 is 14.2 Å². The van der Waals surface area contributed by atoms with Crippen LogP contribution in [0.5, 0.6) is 0 Å². The molecule has 24 heavy (non-hydrogen) atoms. The molecule has 0 saturated carbocycles. The van der Waals surface area contributed by atoms with Crippen LogP contribution >= 0.6 is 0 Å². The molecular formula is C18H22O6. The van der Waals surface area contributed by atoms with Crippen LogP contribution in [0.1, 0.15) is 38.7 Å². The Labute approximate surface area is 141 Å². The molecule has 3 atom stereocenters. The molecule has 6 heteroatoms. The van der Waals surface area contributed by atoms with Crippen molar-refractivity contribution in [1.82, 2.24) is 0 Å². The average molecular weight is 334 g/mol. The number of carbonyl (C=O) groups is 3. The predicted octanol–water partition coefficient (Wildman–Crippen LogP) is 2.22. The van der Waals surface area contributed by atoms with Crippen LogP contribution in [-0.2, 0) is 28.6 Å². The van der Waals surface area contributed by atoms with Crippen molar-refractivity contribution < 1.29 is 28.6 Å². The first-order valence-corrected chi connectivity index (χ1v) is 8.01. The molecule has 130 valence electrons. The minimum absolute atomic E-state index is 0.0254. The third-order valence-electron chi connectivity index (χ3n) is 3.80. The third kappa shape index (κ3) is 4.34. The monoisotopic (exact) mass is 334 g/mol. The van der Waals surface area contributed by atoms with E-state index in [4.69, 9.17) is 14.2 Å². The van der Waals surface area contributed by atoms with E-state index in [2.05, 4.69) is 0 Å². The van der Waals surface area contributed by atoms with Crippen LogP contribution in [0.25, 0.3) is 0 Å². The highest BCUT2D eigenvalue weighted by molar-refractivity contribution is 5.81. The van der Waals surface area contributed by atoms with Crippen molar-refractivity contribution in [1.29, 1.82) is 0 Å². The standard InChI is InChI=1S/C18H22O6/c1-11(2)17(20)24-16-12(3)23-14(19)9-10-22-18(21)15(16)13-7-5-4-6-8-13/h4-8,11-12,15-16H,9-10H2,1-3H3/t12-,15?,16-/m0/s1. The molecule has 2 rings (SSSR count). The van der Waals surface area contributed by atoms with E-state index in [0.717, 1.165) is 0 Å². The Hall–Kier alpha value is -2.37. The minimum atomic E-state index is -0.947. The Balaban J connectivity index is 2.41. The summed E-state index contributed by atoms with van der Waals surface area (Å²) < 4.78 is 16.0. The van der Waals surface area contributed by atoms with Crippen molar-refractivity contribution in [3.05, 3.63) is 35.9 Å². The maximum Gasteiger partial charge on any atom is 0.317 e. The summed E-state index contributed by atoms with van der Waals surface area (Å²) in [7, 11) is 0. The molecular weight excluding hydrogens is 312 g/mol. The zero-order valence-electron chi connectivity index (χ0n) is 14.1. The molecule has 1 aromatic rings.